The van der Waals surface area contributed by atoms with Crippen LogP contribution in [0, 0.1) is 11.3 Å². The Kier molecular flexibility index (Phi) is 5.80. The van der Waals surface area contributed by atoms with Crippen LogP contribution < -0.4 is 10.1 Å². The molecule has 0 aliphatic heterocycles. The van der Waals surface area contributed by atoms with Gasteiger partial charge in [-0.05, 0) is 62.7 Å². The van der Waals surface area contributed by atoms with Gasteiger partial charge in [-0.1, -0.05) is 0 Å². The normalized spacial score (nSPS) is 11.2. The number of nitrogens with one attached hydrogen (secondary N) is 1. The van der Waals surface area contributed by atoms with E-state index in [2.05, 4.69) is 19.2 Å². The monoisotopic (exact) mass is 323 g/mol. The molecule has 0 atom stereocenters. The van der Waals surface area contributed by atoms with Gasteiger partial charge >= 0.3 is 0 Å². The number of amides is 1. The van der Waals surface area contributed by atoms with E-state index in [9.17, 15) is 10.1 Å². The van der Waals surface area contributed by atoms with Crippen LogP contribution in [-0.4, -0.2) is 17.1 Å². The zero-order valence-electron chi connectivity index (χ0n) is 14.1. The van der Waals surface area contributed by atoms with Gasteiger partial charge in [-0.25, -0.2) is 0 Å². The molecule has 0 aliphatic rings. The zero-order valence-corrected chi connectivity index (χ0v) is 14.1. The first kappa shape index (κ1) is 17.4. The number of nitrogens with zero attached hydrogens (tertiary/aromatic N) is 2. The van der Waals surface area contributed by atoms with Gasteiger partial charge in [0.05, 0.1) is 6.61 Å². The number of rotatable bonds is 6. The minimum absolute atomic E-state index is 0.0605. The van der Waals surface area contributed by atoms with E-state index in [1.54, 1.807) is 30.3 Å². The molecule has 0 aliphatic carbocycles. The number of hydrogen-bond acceptors (Lipinski definition) is 3. The van der Waals surface area contributed by atoms with Crippen molar-refractivity contribution in [1.82, 2.24) is 4.57 Å². The van der Waals surface area contributed by atoms with E-state index >= 15 is 0 Å². The van der Waals surface area contributed by atoms with Crippen LogP contribution in [0.1, 0.15) is 32.4 Å². The van der Waals surface area contributed by atoms with Crippen LogP contribution in [0.25, 0.3) is 6.08 Å². The summed E-state index contributed by atoms with van der Waals surface area (Å²) in [5, 5.41) is 12.0. The van der Waals surface area contributed by atoms with E-state index in [0.29, 0.717) is 18.3 Å². The van der Waals surface area contributed by atoms with Crippen molar-refractivity contribution in [2.24, 2.45) is 0 Å². The molecule has 0 radical (unpaired) electrons. The molecule has 0 saturated carbocycles. The van der Waals surface area contributed by atoms with Crippen LogP contribution >= 0.6 is 0 Å². The molecule has 1 heterocycles. The first-order valence-electron chi connectivity index (χ1n) is 7.87. The molecule has 5 heteroatoms. The number of carbonyl (C=O) groups is 1. The molecular formula is C19H21N3O2. The highest BCUT2D eigenvalue weighted by Gasteiger charge is 2.10. The molecule has 0 spiro atoms. The molecule has 1 amide bonds. The standard InChI is InChI=1S/C19H21N3O2/c1-4-24-18-7-5-17(6-8-18)21-19(23)16(12-20)11-15-9-10-22(13-15)14(2)3/h5-11,13-14H,4H2,1-3H3,(H,21,23)/b16-11+. The fourth-order valence-corrected chi connectivity index (χ4v) is 2.15. The number of aromatic nitrogens is 1. The highest BCUT2D eigenvalue weighted by Crippen LogP contribution is 2.17. The van der Waals surface area contributed by atoms with E-state index in [0.717, 1.165) is 11.3 Å². The summed E-state index contributed by atoms with van der Waals surface area (Å²) in [6, 6.07) is 11.2. The molecule has 1 N–H and O–H groups in total. The Bertz CT molecular complexity index is 765. The summed E-state index contributed by atoms with van der Waals surface area (Å²) in [5.74, 6) is 0.306. The summed E-state index contributed by atoms with van der Waals surface area (Å²) in [6.07, 6.45) is 5.42. The predicted molar refractivity (Wildman–Crippen MR) is 94.6 cm³/mol. The molecular weight excluding hydrogens is 302 g/mol. The molecule has 0 unspecified atom stereocenters. The Morgan fingerprint density at radius 3 is 2.58 bits per heavy atom. The molecule has 2 aromatic rings. The van der Waals surface area contributed by atoms with Crippen molar-refractivity contribution in [3.8, 4) is 11.8 Å². The van der Waals surface area contributed by atoms with E-state index in [-0.39, 0.29) is 5.57 Å². The SMILES string of the molecule is CCOc1ccc(NC(=O)/C(C#N)=C/c2ccn(C(C)C)c2)cc1. The van der Waals surface area contributed by atoms with Crippen LogP contribution in [-0.2, 0) is 4.79 Å². The van der Waals surface area contributed by atoms with E-state index < -0.39 is 5.91 Å². The summed E-state index contributed by atoms with van der Waals surface area (Å²) in [4.78, 5) is 12.3. The topological polar surface area (TPSA) is 67.0 Å². The number of ether oxygens (including phenoxy) is 1. The second-order valence-corrected chi connectivity index (χ2v) is 5.57. The van der Waals surface area contributed by atoms with Gasteiger partial charge in [0.15, 0.2) is 0 Å². The van der Waals surface area contributed by atoms with Gasteiger partial charge in [0.2, 0.25) is 0 Å². The molecule has 2 rings (SSSR count). The third kappa shape index (κ3) is 4.50. The predicted octanol–water partition coefficient (Wildman–Crippen LogP) is 4.01. The Hall–Kier alpha value is -3.00. The molecule has 1 aromatic carbocycles. The Morgan fingerprint density at radius 1 is 1.33 bits per heavy atom. The maximum atomic E-state index is 12.3. The summed E-state index contributed by atoms with van der Waals surface area (Å²) < 4.78 is 7.38. The molecule has 124 valence electrons. The van der Waals surface area contributed by atoms with Crippen molar-refractivity contribution >= 4 is 17.7 Å². The van der Waals surface area contributed by atoms with E-state index in [4.69, 9.17) is 4.74 Å². The minimum Gasteiger partial charge on any atom is -0.494 e. The fourth-order valence-electron chi connectivity index (χ4n) is 2.15. The van der Waals surface area contributed by atoms with Gasteiger partial charge in [0.1, 0.15) is 17.4 Å². The molecule has 24 heavy (non-hydrogen) atoms. The highest BCUT2D eigenvalue weighted by molar-refractivity contribution is 6.09. The molecule has 0 bridgehead atoms. The lowest BCUT2D eigenvalue weighted by atomic mass is 10.2. The second kappa shape index (κ2) is 8.02. The average molecular weight is 323 g/mol. The molecule has 5 nitrogen and oxygen atoms in total. The van der Waals surface area contributed by atoms with Gasteiger partial charge in [-0.15, -0.1) is 0 Å². The number of hydrogen-bond donors (Lipinski definition) is 1. The van der Waals surface area contributed by atoms with Crippen molar-refractivity contribution in [3.63, 3.8) is 0 Å². The summed E-state index contributed by atoms with van der Waals surface area (Å²) in [7, 11) is 0. The maximum Gasteiger partial charge on any atom is 0.266 e. The third-order valence-electron chi connectivity index (χ3n) is 3.43. The van der Waals surface area contributed by atoms with Gasteiger partial charge in [-0.2, -0.15) is 5.26 Å². The molecule has 1 aromatic heterocycles. The number of carbonyl (C=O) groups excluding carboxylic acids is 1. The van der Waals surface area contributed by atoms with Crippen LogP contribution in [0.5, 0.6) is 5.75 Å². The van der Waals surface area contributed by atoms with Crippen molar-refractivity contribution in [2.75, 3.05) is 11.9 Å². The number of anilines is 1. The van der Waals surface area contributed by atoms with E-state index in [1.165, 1.54) is 0 Å². The first-order valence-corrected chi connectivity index (χ1v) is 7.87. The summed E-state index contributed by atoms with van der Waals surface area (Å²) in [6.45, 7) is 6.63. The summed E-state index contributed by atoms with van der Waals surface area (Å²) in [5.41, 5.74) is 1.50. The third-order valence-corrected chi connectivity index (χ3v) is 3.43. The highest BCUT2D eigenvalue weighted by atomic mass is 16.5. The van der Waals surface area contributed by atoms with Gasteiger partial charge in [0.25, 0.3) is 5.91 Å². The Labute approximate surface area is 142 Å². The fraction of sp³-hybridized carbons (Fsp3) is 0.263. The maximum absolute atomic E-state index is 12.3. The quantitative estimate of drug-likeness (QED) is 0.645. The lowest BCUT2D eigenvalue weighted by molar-refractivity contribution is -0.112. The number of nitriles is 1. The van der Waals surface area contributed by atoms with Crippen molar-refractivity contribution < 1.29 is 9.53 Å². The Balaban J connectivity index is 2.10. The lowest BCUT2D eigenvalue weighted by Gasteiger charge is -2.06. The smallest absolute Gasteiger partial charge is 0.266 e. The van der Waals surface area contributed by atoms with Crippen LogP contribution in [0.4, 0.5) is 5.69 Å². The van der Waals surface area contributed by atoms with Crippen molar-refractivity contribution in [1.29, 1.82) is 5.26 Å². The van der Waals surface area contributed by atoms with Crippen LogP contribution in [0.2, 0.25) is 0 Å². The van der Waals surface area contributed by atoms with Gasteiger partial charge in [-0.3, -0.25) is 4.79 Å². The van der Waals surface area contributed by atoms with Crippen molar-refractivity contribution in [3.05, 3.63) is 53.9 Å². The van der Waals surface area contributed by atoms with Crippen LogP contribution in [0.3, 0.4) is 0 Å². The average Bonchev–Trinajstić information content (AvgIpc) is 3.03. The Morgan fingerprint density at radius 2 is 2.04 bits per heavy atom. The lowest BCUT2D eigenvalue weighted by Crippen LogP contribution is -2.13. The van der Waals surface area contributed by atoms with E-state index in [1.807, 2.05) is 36.0 Å². The molecule has 0 fully saturated rings. The zero-order chi connectivity index (χ0) is 17.5. The van der Waals surface area contributed by atoms with Crippen LogP contribution in [0.15, 0.2) is 48.3 Å². The van der Waals surface area contributed by atoms with Crippen molar-refractivity contribution in [2.45, 2.75) is 26.8 Å². The summed E-state index contributed by atoms with van der Waals surface area (Å²) >= 11 is 0. The second-order valence-electron chi connectivity index (χ2n) is 5.57. The van der Waals surface area contributed by atoms with Gasteiger partial charge < -0.3 is 14.6 Å². The molecule has 0 saturated heterocycles. The van der Waals surface area contributed by atoms with Gasteiger partial charge in [0, 0.05) is 24.1 Å². The minimum atomic E-state index is -0.432. The number of benzene rings is 1. The largest absolute Gasteiger partial charge is 0.494 e. The first-order chi connectivity index (χ1) is 11.5.